The molecular formula is C22H16ClF3N2OS. The summed E-state index contributed by atoms with van der Waals surface area (Å²) in [5.41, 5.74) is -1.39. The Hall–Kier alpha value is -2.48. The molecule has 0 aliphatic heterocycles. The van der Waals surface area contributed by atoms with Crippen molar-refractivity contribution >= 4 is 33.0 Å². The summed E-state index contributed by atoms with van der Waals surface area (Å²) in [5, 5.41) is 11.6. The summed E-state index contributed by atoms with van der Waals surface area (Å²) in [4.78, 5) is 9.60. The largest absolute Gasteiger partial charge is 0.421 e. The molecule has 0 radical (unpaired) electrons. The van der Waals surface area contributed by atoms with Crippen LogP contribution in [0.25, 0.3) is 21.3 Å². The van der Waals surface area contributed by atoms with Gasteiger partial charge in [0.1, 0.15) is 0 Å². The molecule has 3 heterocycles. The van der Waals surface area contributed by atoms with E-state index in [4.69, 9.17) is 11.6 Å². The van der Waals surface area contributed by atoms with Crippen LogP contribution in [0.1, 0.15) is 23.1 Å². The first-order valence-corrected chi connectivity index (χ1v) is 10.2. The summed E-state index contributed by atoms with van der Waals surface area (Å²) in [6, 6.07) is 13.6. The van der Waals surface area contributed by atoms with E-state index in [2.05, 4.69) is 9.97 Å². The van der Waals surface area contributed by atoms with E-state index < -0.39 is 11.8 Å². The van der Waals surface area contributed by atoms with E-state index in [-0.39, 0.29) is 5.56 Å². The smallest absolute Gasteiger partial charge is 0.376 e. The van der Waals surface area contributed by atoms with Gasteiger partial charge in [0.15, 0.2) is 5.60 Å². The first-order chi connectivity index (χ1) is 14.2. The van der Waals surface area contributed by atoms with E-state index in [0.29, 0.717) is 22.7 Å². The Morgan fingerprint density at radius 1 is 1.03 bits per heavy atom. The molecule has 0 saturated heterocycles. The summed E-state index contributed by atoms with van der Waals surface area (Å²) >= 11 is 7.73. The highest BCUT2D eigenvalue weighted by molar-refractivity contribution is 7.19. The maximum absolute atomic E-state index is 13.3. The third-order valence-corrected chi connectivity index (χ3v) is 6.45. The average Bonchev–Trinajstić information content (AvgIpc) is 3.11. The zero-order valence-corrected chi connectivity index (χ0v) is 17.3. The van der Waals surface area contributed by atoms with Crippen LogP contribution in [-0.4, -0.2) is 21.3 Å². The molecule has 0 aliphatic carbocycles. The van der Waals surface area contributed by atoms with Crippen LogP contribution in [0, 0.1) is 0 Å². The molecule has 0 saturated carbocycles. The number of aromatic nitrogens is 2. The van der Waals surface area contributed by atoms with E-state index in [1.165, 1.54) is 29.7 Å². The van der Waals surface area contributed by atoms with Gasteiger partial charge < -0.3 is 5.11 Å². The van der Waals surface area contributed by atoms with Crippen LogP contribution in [0.15, 0.2) is 60.9 Å². The van der Waals surface area contributed by atoms with Crippen molar-refractivity contribution in [2.24, 2.45) is 0 Å². The quantitative estimate of drug-likeness (QED) is 0.394. The molecule has 0 aliphatic rings. The van der Waals surface area contributed by atoms with Crippen LogP contribution in [-0.2, 0) is 12.0 Å². The summed E-state index contributed by atoms with van der Waals surface area (Å²) in [6.45, 7) is 0.743. The Bertz CT molecular complexity index is 1220. The van der Waals surface area contributed by atoms with Crippen LogP contribution < -0.4 is 0 Å². The number of pyridine rings is 2. The lowest BCUT2D eigenvalue weighted by Gasteiger charge is -2.26. The lowest BCUT2D eigenvalue weighted by atomic mass is 9.94. The normalized spacial score (nSPS) is 14.1. The number of thiophene rings is 1. The number of rotatable bonds is 4. The van der Waals surface area contributed by atoms with Gasteiger partial charge in [-0.05, 0) is 48.2 Å². The van der Waals surface area contributed by atoms with E-state index in [9.17, 15) is 18.3 Å². The van der Waals surface area contributed by atoms with Crippen LogP contribution >= 0.6 is 22.9 Å². The molecule has 0 bridgehead atoms. The van der Waals surface area contributed by atoms with Crippen molar-refractivity contribution in [3.63, 3.8) is 0 Å². The second-order valence-corrected chi connectivity index (χ2v) is 8.59. The highest BCUT2D eigenvalue weighted by Gasteiger charge is 2.51. The summed E-state index contributed by atoms with van der Waals surface area (Å²) in [7, 11) is 0. The Balaban J connectivity index is 1.76. The number of fused-ring (bicyclic) bond motifs is 1. The third kappa shape index (κ3) is 3.80. The Morgan fingerprint density at radius 3 is 2.57 bits per heavy atom. The predicted molar refractivity (Wildman–Crippen MR) is 113 cm³/mol. The predicted octanol–water partition coefficient (Wildman–Crippen LogP) is 6.37. The number of hydrogen-bond donors (Lipinski definition) is 1. The van der Waals surface area contributed by atoms with Gasteiger partial charge in [0, 0.05) is 34.0 Å². The zero-order valence-electron chi connectivity index (χ0n) is 15.7. The van der Waals surface area contributed by atoms with E-state index >= 15 is 0 Å². The zero-order chi connectivity index (χ0) is 21.5. The first-order valence-electron chi connectivity index (χ1n) is 9.03. The summed E-state index contributed by atoms with van der Waals surface area (Å²) in [5.74, 6) is 0. The van der Waals surface area contributed by atoms with Crippen molar-refractivity contribution in [1.82, 2.24) is 9.97 Å². The summed E-state index contributed by atoms with van der Waals surface area (Å²) < 4.78 is 40.7. The highest BCUT2D eigenvalue weighted by atomic mass is 35.5. The summed E-state index contributed by atoms with van der Waals surface area (Å²) in [6.07, 6.45) is -1.28. The second kappa shape index (κ2) is 7.65. The number of hydrogen-bond acceptors (Lipinski definition) is 4. The maximum Gasteiger partial charge on any atom is 0.421 e. The number of nitrogens with zero attached hydrogens (tertiary/aromatic N) is 2. The molecule has 0 amide bonds. The third-order valence-electron chi connectivity index (χ3n) is 4.92. The molecule has 0 fully saturated rings. The number of benzene rings is 1. The van der Waals surface area contributed by atoms with Crippen LogP contribution in [0.4, 0.5) is 13.2 Å². The minimum atomic E-state index is -4.80. The monoisotopic (exact) mass is 448 g/mol. The van der Waals surface area contributed by atoms with Crippen molar-refractivity contribution in [2.75, 3.05) is 0 Å². The minimum Gasteiger partial charge on any atom is -0.376 e. The molecule has 30 heavy (non-hydrogen) atoms. The lowest BCUT2D eigenvalue weighted by Crippen LogP contribution is -2.39. The second-order valence-electron chi connectivity index (χ2n) is 7.05. The van der Waals surface area contributed by atoms with Gasteiger partial charge in [-0.15, -0.1) is 11.3 Å². The van der Waals surface area contributed by atoms with E-state index in [0.717, 1.165) is 27.6 Å². The highest BCUT2D eigenvalue weighted by Crippen LogP contribution is 2.40. The SMILES string of the molecule is C[C@@](O)(c1ccnc(-c2cccc3cc(Cc4ncccc4Cl)sc23)c1)C(F)(F)F. The molecule has 1 N–H and O–H groups in total. The number of alkyl halides is 3. The standard InChI is InChI=1S/C22H16ClF3N2OS/c1-21(29,22(24,25)26)14-7-9-28-18(11-14)16-5-2-4-13-10-15(30-20(13)16)12-19-17(23)6-3-8-27-19/h2-11,29H,12H2,1H3/t21-/m1/s1. The Labute approximate surface area is 179 Å². The number of halogens is 4. The van der Waals surface area contributed by atoms with Crippen LogP contribution in [0.3, 0.4) is 0 Å². The molecule has 1 aromatic carbocycles. The molecule has 0 spiro atoms. The fraction of sp³-hybridized carbons (Fsp3) is 0.182. The van der Waals surface area contributed by atoms with Gasteiger partial charge in [0.25, 0.3) is 0 Å². The fourth-order valence-corrected chi connectivity index (χ4v) is 4.54. The fourth-order valence-electron chi connectivity index (χ4n) is 3.16. The molecule has 154 valence electrons. The van der Waals surface area contributed by atoms with Gasteiger partial charge in [0.2, 0.25) is 0 Å². The van der Waals surface area contributed by atoms with E-state index in [1.54, 1.807) is 18.3 Å². The topological polar surface area (TPSA) is 46.0 Å². The molecule has 4 rings (SSSR count). The van der Waals surface area contributed by atoms with Crippen molar-refractivity contribution in [1.29, 1.82) is 0 Å². The minimum absolute atomic E-state index is 0.256. The van der Waals surface area contributed by atoms with Gasteiger partial charge >= 0.3 is 6.18 Å². The lowest BCUT2D eigenvalue weighted by molar-refractivity contribution is -0.258. The molecule has 8 heteroatoms. The molecule has 1 atom stereocenters. The van der Waals surface area contributed by atoms with E-state index in [1.807, 2.05) is 24.3 Å². The van der Waals surface area contributed by atoms with Gasteiger partial charge in [0.05, 0.1) is 16.4 Å². The average molecular weight is 449 g/mol. The first kappa shape index (κ1) is 20.8. The van der Waals surface area contributed by atoms with Gasteiger partial charge in [-0.2, -0.15) is 13.2 Å². The Kier molecular flexibility index (Phi) is 5.30. The molecule has 3 aromatic heterocycles. The van der Waals surface area contributed by atoms with Crippen molar-refractivity contribution in [2.45, 2.75) is 25.1 Å². The van der Waals surface area contributed by atoms with Crippen molar-refractivity contribution in [3.05, 3.63) is 82.1 Å². The van der Waals surface area contributed by atoms with Crippen molar-refractivity contribution in [3.8, 4) is 11.3 Å². The maximum atomic E-state index is 13.3. The molecule has 4 aromatic rings. The number of aliphatic hydroxyl groups is 1. The van der Waals surface area contributed by atoms with Gasteiger partial charge in [-0.1, -0.05) is 29.8 Å². The molecular weight excluding hydrogens is 433 g/mol. The van der Waals surface area contributed by atoms with Crippen LogP contribution in [0.2, 0.25) is 5.02 Å². The molecule has 3 nitrogen and oxygen atoms in total. The van der Waals surface area contributed by atoms with Crippen LogP contribution in [0.5, 0.6) is 0 Å². The molecule has 0 unspecified atom stereocenters. The Morgan fingerprint density at radius 2 is 1.83 bits per heavy atom. The van der Waals surface area contributed by atoms with Gasteiger partial charge in [-0.25, -0.2) is 0 Å². The van der Waals surface area contributed by atoms with Crippen molar-refractivity contribution < 1.29 is 18.3 Å². The van der Waals surface area contributed by atoms with Gasteiger partial charge in [-0.3, -0.25) is 9.97 Å².